The van der Waals surface area contributed by atoms with Crippen LogP contribution in [0.5, 0.6) is 0 Å². The summed E-state index contributed by atoms with van der Waals surface area (Å²) >= 11 is 0. The minimum absolute atomic E-state index is 0.897. The van der Waals surface area contributed by atoms with Crippen molar-refractivity contribution in [3.05, 3.63) is 0 Å². The fourth-order valence-electron chi connectivity index (χ4n) is 2.03. The van der Waals surface area contributed by atoms with E-state index in [1.54, 1.807) is 0 Å². The maximum atomic E-state index is 4.42. The van der Waals surface area contributed by atoms with Crippen LogP contribution in [0.3, 0.4) is 0 Å². The van der Waals surface area contributed by atoms with Crippen molar-refractivity contribution >= 4 is 6.34 Å². The highest BCUT2D eigenvalue weighted by Gasteiger charge is 2.11. The van der Waals surface area contributed by atoms with Crippen LogP contribution in [0, 0.1) is 0 Å². The van der Waals surface area contributed by atoms with Crippen LogP contribution in [0.25, 0.3) is 0 Å². The molecule has 0 saturated heterocycles. The molecule has 0 aromatic carbocycles. The Morgan fingerprint density at radius 1 is 1.00 bits per heavy atom. The molecule has 0 N–H and O–H groups in total. The maximum Gasteiger partial charge on any atom is 0.0940 e. The second kappa shape index (κ2) is 8.57. The van der Waals surface area contributed by atoms with Gasteiger partial charge in [0.1, 0.15) is 0 Å². The summed E-state index contributed by atoms with van der Waals surface area (Å²) in [6.45, 7) is 8.86. The molecule has 1 rings (SSSR count). The van der Waals surface area contributed by atoms with E-state index in [4.69, 9.17) is 0 Å². The highest BCUT2D eigenvalue weighted by atomic mass is 15.4. The van der Waals surface area contributed by atoms with E-state index in [1.807, 2.05) is 6.34 Å². The molecule has 0 amide bonds. The van der Waals surface area contributed by atoms with Gasteiger partial charge in [0.05, 0.1) is 19.7 Å². The van der Waals surface area contributed by atoms with Crippen molar-refractivity contribution in [2.45, 2.75) is 52.4 Å². The zero-order chi connectivity index (χ0) is 11.6. The van der Waals surface area contributed by atoms with Crippen LogP contribution >= 0.6 is 0 Å². The van der Waals surface area contributed by atoms with Gasteiger partial charge in [-0.2, -0.15) is 0 Å². The van der Waals surface area contributed by atoms with Gasteiger partial charge in [-0.15, -0.1) is 0 Å². The van der Waals surface area contributed by atoms with Crippen molar-refractivity contribution in [3.63, 3.8) is 0 Å². The predicted molar refractivity (Wildman–Crippen MR) is 70.7 cm³/mol. The van der Waals surface area contributed by atoms with E-state index in [-0.39, 0.29) is 0 Å². The van der Waals surface area contributed by atoms with E-state index in [2.05, 4.69) is 28.6 Å². The number of unbranched alkanes of at least 4 members (excludes halogenated alkanes) is 4. The second-order valence-electron chi connectivity index (χ2n) is 4.70. The SMILES string of the molecule is CCCCCN1C=NCN(CCCCC)C1. The van der Waals surface area contributed by atoms with Crippen molar-refractivity contribution < 1.29 is 0 Å². The Kier molecular flexibility index (Phi) is 7.23. The summed E-state index contributed by atoms with van der Waals surface area (Å²) in [6.07, 6.45) is 9.92. The van der Waals surface area contributed by atoms with Gasteiger partial charge in [-0.25, -0.2) is 0 Å². The molecule has 3 heteroatoms. The zero-order valence-electron chi connectivity index (χ0n) is 11.0. The molecule has 1 heterocycles. The quantitative estimate of drug-likeness (QED) is 0.591. The van der Waals surface area contributed by atoms with Crippen LogP contribution in [-0.4, -0.2) is 42.6 Å². The highest BCUT2D eigenvalue weighted by Crippen LogP contribution is 2.05. The molecule has 0 aliphatic carbocycles. The zero-order valence-corrected chi connectivity index (χ0v) is 11.0. The molecule has 0 bridgehead atoms. The van der Waals surface area contributed by atoms with E-state index in [0.29, 0.717) is 0 Å². The summed E-state index contributed by atoms with van der Waals surface area (Å²) in [5, 5.41) is 0. The van der Waals surface area contributed by atoms with Crippen molar-refractivity contribution in [3.8, 4) is 0 Å². The molecule has 94 valence electrons. The van der Waals surface area contributed by atoms with Gasteiger partial charge in [0.25, 0.3) is 0 Å². The van der Waals surface area contributed by atoms with Crippen molar-refractivity contribution in [2.75, 3.05) is 26.4 Å². The van der Waals surface area contributed by atoms with Gasteiger partial charge in [-0.1, -0.05) is 39.5 Å². The van der Waals surface area contributed by atoms with E-state index in [1.165, 1.54) is 51.6 Å². The molecule has 0 saturated carbocycles. The molecule has 3 nitrogen and oxygen atoms in total. The first-order valence-corrected chi connectivity index (χ1v) is 6.83. The van der Waals surface area contributed by atoms with Crippen molar-refractivity contribution in [1.29, 1.82) is 0 Å². The third-order valence-electron chi connectivity index (χ3n) is 3.04. The molecule has 0 fully saturated rings. The summed E-state index contributed by atoms with van der Waals surface area (Å²) in [4.78, 5) is 9.22. The van der Waals surface area contributed by atoms with Gasteiger partial charge in [-0.05, 0) is 12.8 Å². The highest BCUT2D eigenvalue weighted by molar-refractivity contribution is 5.55. The number of rotatable bonds is 8. The summed E-state index contributed by atoms with van der Waals surface area (Å²) in [5.41, 5.74) is 0. The molecule has 16 heavy (non-hydrogen) atoms. The van der Waals surface area contributed by atoms with Crippen LogP contribution in [0.2, 0.25) is 0 Å². The van der Waals surface area contributed by atoms with Gasteiger partial charge in [0, 0.05) is 13.1 Å². The Morgan fingerprint density at radius 2 is 1.69 bits per heavy atom. The maximum absolute atomic E-state index is 4.42. The molecule has 0 radical (unpaired) electrons. The summed E-state index contributed by atoms with van der Waals surface area (Å²) in [6, 6.07) is 0. The summed E-state index contributed by atoms with van der Waals surface area (Å²) < 4.78 is 0. The lowest BCUT2D eigenvalue weighted by molar-refractivity contribution is 0.173. The topological polar surface area (TPSA) is 18.8 Å². The van der Waals surface area contributed by atoms with Gasteiger partial charge in [-0.3, -0.25) is 9.89 Å². The molecular formula is C13H27N3. The molecule has 1 aliphatic heterocycles. The molecule has 0 atom stereocenters. The Hall–Kier alpha value is -0.570. The van der Waals surface area contributed by atoms with Crippen LogP contribution in [0.4, 0.5) is 0 Å². The molecule has 0 aromatic heterocycles. The monoisotopic (exact) mass is 225 g/mol. The number of hydrogen-bond donors (Lipinski definition) is 0. The van der Waals surface area contributed by atoms with Gasteiger partial charge >= 0.3 is 0 Å². The van der Waals surface area contributed by atoms with Gasteiger partial charge < -0.3 is 4.90 Å². The Balaban J connectivity index is 2.14. The van der Waals surface area contributed by atoms with E-state index in [9.17, 15) is 0 Å². The van der Waals surface area contributed by atoms with Crippen molar-refractivity contribution in [2.24, 2.45) is 4.99 Å². The van der Waals surface area contributed by atoms with Crippen LogP contribution < -0.4 is 0 Å². The Bertz CT molecular complexity index is 192. The van der Waals surface area contributed by atoms with Crippen molar-refractivity contribution in [1.82, 2.24) is 9.80 Å². The lowest BCUT2D eigenvalue weighted by Gasteiger charge is -2.31. The lowest BCUT2D eigenvalue weighted by atomic mass is 10.2. The van der Waals surface area contributed by atoms with E-state index >= 15 is 0 Å². The minimum atomic E-state index is 0.897. The van der Waals surface area contributed by atoms with Crippen LogP contribution in [0.1, 0.15) is 52.4 Å². The largest absolute Gasteiger partial charge is 0.350 e. The Labute approximate surface area is 101 Å². The first-order valence-electron chi connectivity index (χ1n) is 6.83. The minimum Gasteiger partial charge on any atom is -0.350 e. The Morgan fingerprint density at radius 3 is 2.38 bits per heavy atom. The normalized spacial score (nSPS) is 17.0. The van der Waals surface area contributed by atoms with Gasteiger partial charge in [0.2, 0.25) is 0 Å². The van der Waals surface area contributed by atoms with Gasteiger partial charge in [0.15, 0.2) is 0 Å². The standard InChI is InChI=1S/C13H27N3/c1-3-5-7-9-15-11-14-12-16(13-15)10-8-6-4-2/h11H,3-10,12-13H2,1-2H3. The fraction of sp³-hybridized carbons (Fsp3) is 0.923. The average Bonchev–Trinajstić information content (AvgIpc) is 2.30. The first kappa shape index (κ1) is 13.5. The third kappa shape index (κ3) is 5.50. The van der Waals surface area contributed by atoms with E-state index in [0.717, 1.165) is 13.3 Å². The fourth-order valence-corrected chi connectivity index (χ4v) is 2.03. The number of hydrogen-bond acceptors (Lipinski definition) is 3. The first-order chi connectivity index (χ1) is 7.86. The van der Waals surface area contributed by atoms with Crippen LogP contribution in [0.15, 0.2) is 4.99 Å². The molecule has 1 aliphatic rings. The molecule has 0 unspecified atom stereocenters. The average molecular weight is 225 g/mol. The second-order valence-corrected chi connectivity index (χ2v) is 4.70. The molecule has 0 aromatic rings. The number of nitrogens with zero attached hydrogens (tertiary/aromatic N) is 3. The molecule has 0 spiro atoms. The lowest BCUT2D eigenvalue weighted by Crippen LogP contribution is -2.42. The van der Waals surface area contributed by atoms with E-state index < -0.39 is 0 Å². The number of aliphatic imine (C=N–C) groups is 1. The smallest absolute Gasteiger partial charge is 0.0940 e. The molecular weight excluding hydrogens is 198 g/mol. The summed E-state index contributed by atoms with van der Waals surface area (Å²) in [5.74, 6) is 0. The predicted octanol–water partition coefficient (Wildman–Crippen LogP) is 2.93. The third-order valence-corrected chi connectivity index (χ3v) is 3.04. The summed E-state index contributed by atoms with van der Waals surface area (Å²) in [7, 11) is 0. The van der Waals surface area contributed by atoms with Crippen LogP contribution in [-0.2, 0) is 0 Å².